The van der Waals surface area contributed by atoms with Gasteiger partial charge in [-0.15, -0.1) is 0 Å². The molecule has 0 saturated heterocycles. The van der Waals surface area contributed by atoms with Crippen LogP contribution in [0.4, 0.5) is 13.2 Å². The van der Waals surface area contributed by atoms with Gasteiger partial charge in [-0.1, -0.05) is 32.6 Å². The van der Waals surface area contributed by atoms with Crippen molar-refractivity contribution in [2.75, 3.05) is 6.61 Å². The molecule has 1 amide bonds. The Bertz CT molecular complexity index is 476. The molecule has 2 N–H and O–H groups in total. The summed E-state index contributed by atoms with van der Waals surface area (Å²) in [6.07, 6.45) is 0.263. The van der Waals surface area contributed by atoms with E-state index in [2.05, 4.69) is 11.9 Å². The van der Waals surface area contributed by atoms with Crippen molar-refractivity contribution in [1.82, 2.24) is 4.98 Å². The van der Waals surface area contributed by atoms with Crippen molar-refractivity contribution in [3.8, 4) is 5.88 Å². The van der Waals surface area contributed by atoms with Crippen LogP contribution in [0, 0.1) is 0 Å². The third-order valence-corrected chi connectivity index (χ3v) is 2.90. The maximum absolute atomic E-state index is 12.6. The molecule has 0 radical (unpaired) electrons. The summed E-state index contributed by atoms with van der Waals surface area (Å²) in [5.74, 6) is -1.22. The summed E-state index contributed by atoms with van der Waals surface area (Å²) >= 11 is 0. The number of amides is 1. The highest BCUT2D eigenvalue weighted by Crippen LogP contribution is 2.30. The Morgan fingerprint density at radius 3 is 2.48 bits per heavy atom. The summed E-state index contributed by atoms with van der Waals surface area (Å²) < 4.78 is 43.0. The van der Waals surface area contributed by atoms with E-state index >= 15 is 0 Å². The Morgan fingerprint density at radius 2 is 1.90 bits per heavy atom. The highest BCUT2D eigenvalue weighted by Gasteiger charge is 2.33. The number of pyridine rings is 1. The molecule has 0 aliphatic rings. The van der Waals surface area contributed by atoms with E-state index in [-0.39, 0.29) is 18.1 Å². The van der Waals surface area contributed by atoms with Gasteiger partial charge in [-0.05, 0) is 18.6 Å². The van der Waals surface area contributed by atoms with Crippen LogP contribution >= 0.6 is 0 Å². The van der Waals surface area contributed by atoms with Gasteiger partial charge in [-0.25, -0.2) is 4.98 Å². The summed E-state index contributed by atoms with van der Waals surface area (Å²) in [7, 11) is 0. The van der Waals surface area contributed by atoms with Crippen molar-refractivity contribution in [2.24, 2.45) is 5.73 Å². The normalized spacial score (nSPS) is 11.4. The van der Waals surface area contributed by atoms with E-state index in [9.17, 15) is 18.0 Å². The first kappa shape index (κ1) is 17.3. The molecule has 0 spiro atoms. The second-order valence-corrected chi connectivity index (χ2v) is 4.67. The zero-order chi connectivity index (χ0) is 15.9. The number of hydrogen-bond donors (Lipinski definition) is 1. The largest absolute Gasteiger partial charge is 0.477 e. The summed E-state index contributed by atoms with van der Waals surface area (Å²) in [6, 6.07) is 1.71. The summed E-state index contributed by atoms with van der Waals surface area (Å²) in [5, 5.41) is 0. The van der Waals surface area contributed by atoms with Crippen LogP contribution in [0.5, 0.6) is 5.88 Å². The number of hydrogen-bond acceptors (Lipinski definition) is 3. The lowest BCUT2D eigenvalue weighted by molar-refractivity contribution is -0.141. The topological polar surface area (TPSA) is 65.2 Å². The van der Waals surface area contributed by atoms with E-state index < -0.39 is 17.8 Å². The van der Waals surface area contributed by atoms with Crippen molar-refractivity contribution in [3.63, 3.8) is 0 Å². The van der Waals surface area contributed by atoms with Crippen LogP contribution in [0.3, 0.4) is 0 Å². The number of rotatable bonds is 8. The van der Waals surface area contributed by atoms with Crippen molar-refractivity contribution in [1.29, 1.82) is 0 Å². The van der Waals surface area contributed by atoms with Crippen molar-refractivity contribution >= 4 is 5.91 Å². The van der Waals surface area contributed by atoms with Crippen LogP contribution in [0.25, 0.3) is 0 Å². The van der Waals surface area contributed by atoms with E-state index in [1.807, 2.05) is 0 Å². The third-order valence-electron chi connectivity index (χ3n) is 2.90. The fraction of sp³-hybridized carbons (Fsp3) is 0.571. The maximum atomic E-state index is 12.6. The molecular weight excluding hydrogens is 285 g/mol. The van der Waals surface area contributed by atoms with E-state index in [4.69, 9.17) is 10.5 Å². The average molecular weight is 304 g/mol. The Balaban J connectivity index is 2.71. The second kappa shape index (κ2) is 7.85. The molecule has 0 aliphatic carbocycles. The van der Waals surface area contributed by atoms with Gasteiger partial charge in [0.25, 0.3) is 5.91 Å². The molecule has 4 nitrogen and oxygen atoms in total. The van der Waals surface area contributed by atoms with E-state index in [0.29, 0.717) is 12.5 Å². The molecule has 0 aromatic carbocycles. The van der Waals surface area contributed by atoms with Crippen LogP contribution in [0.2, 0.25) is 0 Å². The van der Waals surface area contributed by atoms with E-state index in [1.54, 1.807) is 0 Å². The molecule has 1 heterocycles. The van der Waals surface area contributed by atoms with Gasteiger partial charge in [-0.3, -0.25) is 4.79 Å². The van der Waals surface area contributed by atoms with Crippen LogP contribution in [0.1, 0.15) is 55.1 Å². The summed E-state index contributed by atoms with van der Waals surface area (Å²) in [5.41, 5.74) is 3.86. The molecule has 0 fully saturated rings. The number of aromatic nitrogens is 1. The van der Waals surface area contributed by atoms with Crippen molar-refractivity contribution < 1.29 is 22.7 Å². The molecule has 7 heteroatoms. The van der Waals surface area contributed by atoms with Gasteiger partial charge in [0.2, 0.25) is 5.88 Å². The summed E-state index contributed by atoms with van der Waals surface area (Å²) in [4.78, 5) is 14.5. The van der Waals surface area contributed by atoms with Crippen LogP contribution in [0.15, 0.2) is 12.1 Å². The lowest BCUT2D eigenvalue weighted by atomic mass is 10.2. The number of nitrogens with two attached hydrogens (primary N) is 1. The van der Waals surface area contributed by atoms with Crippen molar-refractivity contribution in [2.45, 2.75) is 45.2 Å². The smallest absolute Gasteiger partial charge is 0.433 e. The SMILES string of the molecule is CCCCCCCOc1nc(C(F)(F)F)ccc1C(N)=O. The van der Waals surface area contributed by atoms with Gasteiger partial charge in [-0.2, -0.15) is 13.2 Å². The zero-order valence-electron chi connectivity index (χ0n) is 11.9. The molecule has 0 aliphatic heterocycles. The predicted molar refractivity (Wildman–Crippen MR) is 72.0 cm³/mol. The fourth-order valence-corrected chi connectivity index (χ4v) is 1.77. The number of nitrogens with zero attached hydrogens (tertiary/aromatic N) is 1. The lowest BCUT2D eigenvalue weighted by Crippen LogP contribution is -2.17. The number of carbonyl (C=O) groups excluding carboxylic acids is 1. The lowest BCUT2D eigenvalue weighted by Gasteiger charge is -2.12. The average Bonchev–Trinajstić information content (AvgIpc) is 2.41. The van der Waals surface area contributed by atoms with E-state index in [0.717, 1.165) is 31.7 Å². The van der Waals surface area contributed by atoms with Gasteiger partial charge in [0.05, 0.1) is 6.61 Å². The van der Waals surface area contributed by atoms with Crippen LogP contribution in [-0.2, 0) is 6.18 Å². The third kappa shape index (κ3) is 5.61. The number of alkyl halides is 3. The number of ether oxygens (including phenoxy) is 1. The first-order chi connectivity index (χ1) is 9.86. The summed E-state index contributed by atoms with van der Waals surface area (Å²) in [6.45, 7) is 2.29. The minimum Gasteiger partial charge on any atom is -0.477 e. The Hall–Kier alpha value is -1.79. The Morgan fingerprint density at radius 1 is 1.24 bits per heavy atom. The molecule has 0 bridgehead atoms. The predicted octanol–water partition coefficient (Wildman–Crippen LogP) is 3.55. The minimum absolute atomic E-state index is 0.142. The molecule has 0 atom stereocenters. The van der Waals surface area contributed by atoms with Gasteiger partial charge >= 0.3 is 6.18 Å². The zero-order valence-corrected chi connectivity index (χ0v) is 11.9. The van der Waals surface area contributed by atoms with Crippen LogP contribution in [-0.4, -0.2) is 17.5 Å². The molecule has 21 heavy (non-hydrogen) atoms. The number of primary amides is 1. The number of halogens is 3. The quantitative estimate of drug-likeness (QED) is 0.747. The second-order valence-electron chi connectivity index (χ2n) is 4.67. The van der Waals surface area contributed by atoms with Gasteiger partial charge in [0, 0.05) is 0 Å². The molecule has 1 rings (SSSR count). The Kier molecular flexibility index (Phi) is 6.45. The standard InChI is InChI=1S/C14H19F3N2O2/c1-2-3-4-5-6-9-21-13-10(12(18)20)7-8-11(19-13)14(15,16)17/h7-8H,2-6,9H2,1H3,(H2,18,20). The molecule has 0 unspecified atom stereocenters. The molecule has 1 aromatic heterocycles. The van der Waals surface area contributed by atoms with E-state index in [1.165, 1.54) is 0 Å². The van der Waals surface area contributed by atoms with Crippen molar-refractivity contribution in [3.05, 3.63) is 23.4 Å². The first-order valence-electron chi connectivity index (χ1n) is 6.87. The van der Waals surface area contributed by atoms with Gasteiger partial charge in [0.15, 0.2) is 0 Å². The van der Waals surface area contributed by atoms with Gasteiger partial charge < -0.3 is 10.5 Å². The first-order valence-corrected chi connectivity index (χ1v) is 6.87. The molecule has 118 valence electrons. The number of unbranched alkanes of at least 4 members (excludes halogenated alkanes) is 4. The number of carbonyl (C=O) groups is 1. The molecular formula is C14H19F3N2O2. The maximum Gasteiger partial charge on any atom is 0.433 e. The highest BCUT2D eigenvalue weighted by molar-refractivity contribution is 5.95. The molecule has 0 saturated carbocycles. The fourth-order valence-electron chi connectivity index (χ4n) is 1.77. The molecule has 1 aromatic rings. The van der Waals surface area contributed by atoms with Gasteiger partial charge in [0.1, 0.15) is 11.3 Å². The minimum atomic E-state index is -4.59. The van der Waals surface area contributed by atoms with Crippen LogP contribution < -0.4 is 10.5 Å². The highest BCUT2D eigenvalue weighted by atomic mass is 19.4. The monoisotopic (exact) mass is 304 g/mol. The Labute approximate surface area is 121 Å².